The zero-order valence-corrected chi connectivity index (χ0v) is 17.3. The van der Waals surface area contributed by atoms with Gasteiger partial charge in [-0.1, -0.05) is 43.2 Å². The van der Waals surface area contributed by atoms with Crippen LogP contribution in [0.4, 0.5) is 0 Å². The lowest BCUT2D eigenvalue weighted by Gasteiger charge is -2.33. The highest BCUT2D eigenvalue weighted by atomic mass is 16.5. The molecule has 0 unspecified atom stereocenters. The fourth-order valence-corrected chi connectivity index (χ4v) is 4.00. The molecule has 0 spiro atoms. The smallest absolute Gasteiger partial charge is 0.122 e. The van der Waals surface area contributed by atoms with Crippen molar-refractivity contribution in [3.63, 3.8) is 0 Å². The van der Waals surface area contributed by atoms with E-state index in [4.69, 9.17) is 4.74 Å². The standard InChI is InChI=1S/C24H34O/c1-16(11-12-22-17(2)10-9-13-24(22,6)7)14-21-18(3)15-23(25-8)20(5)19(21)4/h11-12,14-15H,9-10,13H2,1-8H3. The van der Waals surface area contributed by atoms with Gasteiger partial charge in [-0.3, -0.25) is 0 Å². The van der Waals surface area contributed by atoms with Crippen molar-refractivity contribution < 1.29 is 4.74 Å². The second-order valence-electron chi connectivity index (χ2n) is 8.21. The minimum atomic E-state index is 0.293. The van der Waals surface area contributed by atoms with Crippen molar-refractivity contribution >= 4 is 6.08 Å². The summed E-state index contributed by atoms with van der Waals surface area (Å²) in [5, 5.41) is 0. The molecule has 1 aromatic carbocycles. The molecule has 136 valence electrons. The molecule has 0 atom stereocenters. The fourth-order valence-electron chi connectivity index (χ4n) is 4.00. The predicted molar refractivity (Wildman–Crippen MR) is 110 cm³/mol. The van der Waals surface area contributed by atoms with E-state index in [1.165, 1.54) is 52.7 Å². The topological polar surface area (TPSA) is 9.23 Å². The van der Waals surface area contributed by atoms with Gasteiger partial charge in [0.2, 0.25) is 0 Å². The lowest BCUT2D eigenvalue weighted by Crippen LogP contribution is -2.19. The molecule has 0 saturated carbocycles. The summed E-state index contributed by atoms with van der Waals surface area (Å²) >= 11 is 0. The summed E-state index contributed by atoms with van der Waals surface area (Å²) in [6.07, 6.45) is 10.8. The van der Waals surface area contributed by atoms with Crippen LogP contribution in [0, 0.1) is 26.2 Å². The molecule has 0 amide bonds. The zero-order valence-electron chi connectivity index (χ0n) is 17.3. The van der Waals surface area contributed by atoms with E-state index < -0.39 is 0 Å². The maximum atomic E-state index is 5.49. The van der Waals surface area contributed by atoms with Crippen LogP contribution in [-0.2, 0) is 0 Å². The average Bonchev–Trinajstić information content (AvgIpc) is 2.53. The Kier molecular flexibility index (Phi) is 5.98. The molecule has 0 heterocycles. The second kappa shape index (κ2) is 7.64. The number of hydrogen-bond donors (Lipinski definition) is 0. The molecule has 0 aliphatic heterocycles. The van der Waals surface area contributed by atoms with Gasteiger partial charge >= 0.3 is 0 Å². The third-order valence-electron chi connectivity index (χ3n) is 5.76. The summed E-state index contributed by atoms with van der Waals surface area (Å²) in [6.45, 7) is 15.7. The Bertz CT molecular complexity index is 742. The summed E-state index contributed by atoms with van der Waals surface area (Å²) in [4.78, 5) is 0. The molecule has 25 heavy (non-hydrogen) atoms. The molecular weight excluding hydrogens is 304 g/mol. The van der Waals surface area contributed by atoms with Crippen molar-refractivity contribution in [2.45, 2.75) is 67.7 Å². The Balaban J connectivity index is 2.36. The van der Waals surface area contributed by atoms with Crippen LogP contribution in [0.25, 0.3) is 6.08 Å². The van der Waals surface area contributed by atoms with E-state index in [0.717, 1.165) is 5.75 Å². The number of rotatable bonds is 4. The quantitative estimate of drug-likeness (QED) is 0.532. The molecule has 1 aliphatic rings. The van der Waals surface area contributed by atoms with Crippen LogP contribution >= 0.6 is 0 Å². The van der Waals surface area contributed by atoms with E-state index >= 15 is 0 Å². The van der Waals surface area contributed by atoms with Gasteiger partial charge in [-0.05, 0) is 93.2 Å². The first-order valence-electron chi connectivity index (χ1n) is 9.38. The van der Waals surface area contributed by atoms with E-state index in [0.29, 0.717) is 5.41 Å². The van der Waals surface area contributed by atoms with E-state index in [9.17, 15) is 0 Å². The van der Waals surface area contributed by atoms with E-state index in [1.807, 2.05) is 0 Å². The minimum Gasteiger partial charge on any atom is -0.496 e. The minimum absolute atomic E-state index is 0.293. The maximum Gasteiger partial charge on any atom is 0.122 e. The SMILES string of the molecule is COc1cc(C)c(C=C(C)C=CC2=C(C)CCCC2(C)C)c(C)c1C. The van der Waals surface area contributed by atoms with Crippen molar-refractivity contribution in [3.8, 4) is 5.75 Å². The van der Waals surface area contributed by atoms with Gasteiger partial charge in [-0.2, -0.15) is 0 Å². The van der Waals surface area contributed by atoms with Crippen LogP contribution < -0.4 is 4.74 Å². The van der Waals surface area contributed by atoms with Crippen molar-refractivity contribution in [2.75, 3.05) is 7.11 Å². The lowest BCUT2D eigenvalue weighted by molar-refractivity contribution is 0.377. The Morgan fingerprint density at radius 3 is 2.40 bits per heavy atom. The number of aryl methyl sites for hydroxylation is 1. The molecule has 0 N–H and O–H groups in total. The van der Waals surface area contributed by atoms with E-state index in [-0.39, 0.29) is 0 Å². The number of benzene rings is 1. The van der Waals surface area contributed by atoms with Gasteiger partial charge in [-0.25, -0.2) is 0 Å². The van der Waals surface area contributed by atoms with Gasteiger partial charge < -0.3 is 4.74 Å². The van der Waals surface area contributed by atoms with Gasteiger partial charge in [0.05, 0.1) is 7.11 Å². The van der Waals surface area contributed by atoms with Crippen molar-refractivity contribution in [1.82, 2.24) is 0 Å². The Hall–Kier alpha value is -1.76. The van der Waals surface area contributed by atoms with Crippen LogP contribution in [0.15, 0.2) is 34.9 Å². The number of ether oxygens (including phenoxy) is 1. The van der Waals surface area contributed by atoms with Crippen LogP contribution in [0.5, 0.6) is 5.75 Å². The Morgan fingerprint density at radius 1 is 1.12 bits per heavy atom. The first kappa shape index (κ1) is 19.6. The summed E-state index contributed by atoms with van der Waals surface area (Å²) in [7, 11) is 1.74. The van der Waals surface area contributed by atoms with Crippen LogP contribution in [0.1, 0.15) is 69.2 Å². The third-order valence-corrected chi connectivity index (χ3v) is 5.76. The number of methoxy groups -OCH3 is 1. The summed E-state index contributed by atoms with van der Waals surface area (Å²) in [6, 6.07) is 2.14. The van der Waals surface area contributed by atoms with Crippen molar-refractivity contribution in [2.24, 2.45) is 5.41 Å². The van der Waals surface area contributed by atoms with Crippen LogP contribution in [-0.4, -0.2) is 7.11 Å². The Morgan fingerprint density at radius 2 is 1.80 bits per heavy atom. The molecule has 0 saturated heterocycles. The van der Waals surface area contributed by atoms with Gasteiger partial charge in [0.15, 0.2) is 0 Å². The van der Waals surface area contributed by atoms with E-state index in [1.54, 1.807) is 12.7 Å². The number of hydrogen-bond acceptors (Lipinski definition) is 1. The molecule has 1 aromatic rings. The molecule has 2 rings (SSSR count). The summed E-state index contributed by atoms with van der Waals surface area (Å²) < 4.78 is 5.49. The van der Waals surface area contributed by atoms with Gasteiger partial charge in [0.1, 0.15) is 5.75 Å². The van der Waals surface area contributed by atoms with Gasteiger partial charge in [0.25, 0.3) is 0 Å². The molecule has 0 fully saturated rings. The average molecular weight is 339 g/mol. The molecule has 0 bridgehead atoms. The summed E-state index contributed by atoms with van der Waals surface area (Å²) in [5.74, 6) is 0.977. The highest BCUT2D eigenvalue weighted by Gasteiger charge is 2.26. The van der Waals surface area contributed by atoms with E-state index in [2.05, 4.69) is 72.8 Å². The zero-order chi connectivity index (χ0) is 18.8. The first-order valence-corrected chi connectivity index (χ1v) is 9.38. The molecule has 0 aromatic heterocycles. The largest absolute Gasteiger partial charge is 0.496 e. The summed E-state index contributed by atoms with van der Waals surface area (Å²) in [5.41, 5.74) is 9.76. The first-order chi connectivity index (χ1) is 11.7. The maximum absolute atomic E-state index is 5.49. The molecule has 1 aliphatic carbocycles. The molecule has 1 nitrogen and oxygen atoms in total. The van der Waals surface area contributed by atoms with Crippen molar-refractivity contribution in [1.29, 1.82) is 0 Å². The Labute approximate surface area is 154 Å². The lowest BCUT2D eigenvalue weighted by atomic mass is 9.72. The highest BCUT2D eigenvalue weighted by molar-refractivity contribution is 5.65. The van der Waals surface area contributed by atoms with Crippen molar-refractivity contribution in [3.05, 3.63) is 57.2 Å². The van der Waals surface area contributed by atoms with Gasteiger partial charge in [-0.15, -0.1) is 0 Å². The number of allylic oxidation sites excluding steroid dienone is 5. The third kappa shape index (κ3) is 4.26. The van der Waals surface area contributed by atoms with Gasteiger partial charge in [0, 0.05) is 0 Å². The normalized spacial score (nSPS) is 18.2. The fraction of sp³-hybridized carbons (Fsp3) is 0.500. The monoisotopic (exact) mass is 338 g/mol. The molecule has 0 radical (unpaired) electrons. The highest BCUT2D eigenvalue weighted by Crippen LogP contribution is 2.40. The molecule has 1 heteroatoms. The van der Waals surface area contributed by atoms with Crippen LogP contribution in [0.2, 0.25) is 0 Å². The van der Waals surface area contributed by atoms with Crippen LogP contribution in [0.3, 0.4) is 0 Å². The second-order valence-corrected chi connectivity index (χ2v) is 8.21. The predicted octanol–water partition coefficient (Wildman–Crippen LogP) is 7.11. The molecular formula is C24H34O.